The van der Waals surface area contributed by atoms with Crippen molar-refractivity contribution in [2.75, 3.05) is 13.1 Å². The molecule has 34 heavy (non-hydrogen) atoms. The van der Waals surface area contributed by atoms with Crippen LogP contribution in [-0.2, 0) is 6.42 Å². The predicted octanol–water partition coefficient (Wildman–Crippen LogP) is 7.77. The minimum atomic E-state index is 0.132. The highest BCUT2D eigenvalue weighted by Crippen LogP contribution is 2.49. The molecular weight excluding hydrogens is 414 g/mol. The summed E-state index contributed by atoms with van der Waals surface area (Å²) in [5, 5.41) is 0. The largest absolute Gasteiger partial charge is 0.484 e. The van der Waals surface area contributed by atoms with E-state index in [1.54, 1.807) is 11.1 Å². The van der Waals surface area contributed by atoms with Gasteiger partial charge in [-0.2, -0.15) is 0 Å². The molecule has 0 bridgehead atoms. The van der Waals surface area contributed by atoms with Gasteiger partial charge in [0.25, 0.3) is 0 Å². The van der Waals surface area contributed by atoms with E-state index in [0.717, 1.165) is 18.1 Å². The summed E-state index contributed by atoms with van der Waals surface area (Å²) < 4.78 is 6.78. The maximum atomic E-state index is 6.78. The van der Waals surface area contributed by atoms with E-state index in [0.29, 0.717) is 12.0 Å². The third kappa shape index (κ3) is 4.26. The first-order valence-corrected chi connectivity index (χ1v) is 13.6. The monoisotopic (exact) mass is 453 g/mol. The molecule has 1 saturated heterocycles. The minimum absolute atomic E-state index is 0.132. The summed E-state index contributed by atoms with van der Waals surface area (Å²) in [6.45, 7) is 7.17. The van der Waals surface area contributed by atoms with E-state index in [9.17, 15) is 0 Å². The molecule has 2 aromatic rings. The van der Waals surface area contributed by atoms with Gasteiger partial charge in [0.15, 0.2) is 0 Å². The number of fused-ring (bicyclic) bond motifs is 1. The average molecular weight is 454 g/mol. The van der Waals surface area contributed by atoms with E-state index in [4.69, 9.17) is 4.74 Å². The first-order chi connectivity index (χ1) is 16.7. The van der Waals surface area contributed by atoms with Crippen LogP contribution in [-0.4, -0.2) is 24.0 Å². The van der Waals surface area contributed by atoms with Crippen LogP contribution in [0.3, 0.4) is 0 Å². The van der Waals surface area contributed by atoms with Gasteiger partial charge in [0.1, 0.15) is 11.9 Å². The topological polar surface area (TPSA) is 12.5 Å². The maximum absolute atomic E-state index is 6.78. The standard InChI is InChI=1S/C32H39NO/c1-22-9-3-4-10-23(2)31(30(22)24-13-14-24)25-15-17-27(18-16-25)34-32-28-12-6-5-11-26(28)21-29(32)33-19-7-8-20-33/h5-6,10-12,15-18,24,29,31-32H,3-4,7-9,13-14,19-21H2,1-2H3. The van der Waals surface area contributed by atoms with Crippen LogP contribution < -0.4 is 4.74 Å². The molecule has 2 nitrogen and oxygen atoms in total. The van der Waals surface area contributed by atoms with Gasteiger partial charge in [-0.1, -0.05) is 59.2 Å². The molecule has 0 radical (unpaired) electrons. The second-order valence-corrected chi connectivity index (χ2v) is 11.1. The second kappa shape index (κ2) is 9.38. The van der Waals surface area contributed by atoms with Crippen LogP contribution in [0.5, 0.6) is 5.75 Å². The zero-order valence-electron chi connectivity index (χ0n) is 20.9. The molecule has 3 unspecified atom stereocenters. The van der Waals surface area contributed by atoms with Crippen LogP contribution in [0.2, 0.25) is 0 Å². The van der Waals surface area contributed by atoms with Crippen molar-refractivity contribution >= 4 is 0 Å². The van der Waals surface area contributed by atoms with Gasteiger partial charge >= 0.3 is 0 Å². The van der Waals surface area contributed by atoms with E-state index < -0.39 is 0 Å². The Balaban J connectivity index is 1.28. The van der Waals surface area contributed by atoms with Gasteiger partial charge in [-0.25, -0.2) is 0 Å². The van der Waals surface area contributed by atoms with E-state index >= 15 is 0 Å². The van der Waals surface area contributed by atoms with Crippen molar-refractivity contribution in [2.24, 2.45) is 5.92 Å². The van der Waals surface area contributed by atoms with Crippen LogP contribution in [0.4, 0.5) is 0 Å². The highest BCUT2D eigenvalue weighted by Gasteiger charge is 2.39. The Morgan fingerprint density at radius 3 is 2.41 bits per heavy atom. The molecule has 6 rings (SSSR count). The fourth-order valence-electron chi connectivity index (χ4n) is 6.83. The molecule has 2 aromatic carbocycles. The summed E-state index contributed by atoms with van der Waals surface area (Å²) in [5.41, 5.74) is 9.20. The van der Waals surface area contributed by atoms with Gasteiger partial charge in [0, 0.05) is 5.92 Å². The summed E-state index contributed by atoms with van der Waals surface area (Å²) in [4.78, 5) is 2.66. The van der Waals surface area contributed by atoms with E-state index in [1.165, 1.54) is 80.3 Å². The molecule has 1 heterocycles. The zero-order chi connectivity index (χ0) is 23.1. The van der Waals surface area contributed by atoms with Gasteiger partial charge in [0.2, 0.25) is 0 Å². The molecule has 178 valence electrons. The number of likely N-dealkylation sites (tertiary alicyclic amines) is 1. The normalized spacial score (nSPS) is 27.8. The van der Waals surface area contributed by atoms with Crippen molar-refractivity contribution in [1.82, 2.24) is 4.90 Å². The fourth-order valence-corrected chi connectivity index (χ4v) is 6.83. The molecule has 0 N–H and O–H groups in total. The summed E-state index contributed by atoms with van der Waals surface area (Å²) in [5.74, 6) is 2.26. The van der Waals surface area contributed by atoms with Crippen LogP contribution in [0.25, 0.3) is 0 Å². The van der Waals surface area contributed by atoms with Crippen LogP contribution >= 0.6 is 0 Å². The van der Waals surface area contributed by atoms with Crippen molar-refractivity contribution in [3.63, 3.8) is 0 Å². The molecule has 3 aliphatic carbocycles. The van der Waals surface area contributed by atoms with Gasteiger partial charge in [-0.15, -0.1) is 0 Å². The number of nitrogens with zero attached hydrogens (tertiary/aromatic N) is 1. The molecule has 1 saturated carbocycles. The molecular formula is C32H39NO. The molecule has 3 atom stereocenters. The first-order valence-electron chi connectivity index (χ1n) is 13.6. The summed E-state index contributed by atoms with van der Waals surface area (Å²) in [6.07, 6.45) is 12.9. The lowest BCUT2D eigenvalue weighted by Crippen LogP contribution is -2.38. The highest BCUT2D eigenvalue weighted by atomic mass is 16.5. The lowest BCUT2D eigenvalue weighted by atomic mass is 9.78. The van der Waals surface area contributed by atoms with E-state index in [2.05, 4.69) is 73.4 Å². The highest BCUT2D eigenvalue weighted by molar-refractivity contribution is 5.45. The Hall–Kier alpha value is -2.32. The van der Waals surface area contributed by atoms with Crippen LogP contribution in [0, 0.1) is 5.92 Å². The van der Waals surface area contributed by atoms with Crippen molar-refractivity contribution in [3.8, 4) is 5.75 Å². The summed E-state index contributed by atoms with van der Waals surface area (Å²) >= 11 is 0. The molecule has 0 amide bonds. The molecule has 2 heteroatoms. The molecule has 4 aliphatic rings. The maximum Gasteiger partial charge on any atom is 0.140 e. The smallest absolute Gasteiger partial charge is 0.140 e. The van der Waals surface area contributed by atoms with Gasteiger partial charge < -0.3 is 4.74 Å². The Labute approximate surface area is 205 Å². The van der Waals surface area contributed by atoms with Crippen molar-refractivity contribution in [1.29, 1.82) is 0 Å². The number of allylic oxidation sites excluding steroid dienone is 4. The quantitative estimate of drug-likeness (QED) is 0.429. The number of hydrogen-bond acceptors (Lipinski definition) is 2. The Morgan fingerprint density at radius 1 is 0.882 bits per heavy atom. The molecule has 1 aliphatic heterocycles. The second-order valence-electron chi connectivity index (χ2n) is 11.1. The Morgan fingerprint density at radius 2 is 1.65 bits per heavy atom. The number of hydrogen-bond donors (Lipinski definition) is 0. The van der Waals surface area contributed by atoms with Crippen molar-refractivity contribution < 1.29 is 4.74 Å². The molecule has 0 aromatic heterocycles. The third-order valence-electron chi connectivity index (χ3n) is 8.72. The van der Waals surface area contributed by atoms with Gasteiger partial charge in [-0.3, -0.25) is 4.90 Å². The SMILES string of the molecule is CC1=CCCCC(C)=C(C2CC2)C1c1ccc(OC2c3ccccc3CC2N2CCCC2)cc1. The number of benzene rings is 2. The molecule has 0 spiro atoms. The van der Waals surface area contributed by atoms with Crippen LogP contribution in [0.15, 0.2) is 71.3 Å². The number of rotatable bonds is 5. The Bertz CT molecular complexity index is 1080. The summed E-state index contributed by atoms with van der Waals surface area (Å²) in [7, 11) is 0. The predicted molar refractivity (Wildman–Crippen MR) is 140 cm³/mol. The first kappa shape index (κ1) is 22.2. The minimum Gasteiger partial charge on any atom is -0.484 e. The van der Waals surface area contributed by atoms with E-state index in [1.807, 2.05) is 0 Å². The van der Waals surface area contributed by atoms with Gasteiger partial charge in [-0.05, 0) is 113 Å². The van der Waals surface area contributed by atoms with Crippen LogP contribution in [0.1, 0.15) is 87.5 Å². The summed E-state index contributed by atoms with van der Waals surface area (Å²) in [6, 6.07) is 18.6. The average Bonchev–Trinajstić information content (AvgIpc) is 3.40. The Kier molecular flexibility index (Phi) is 6.11. The zero-order valence-corrected chi connectivity index (χ0v) is 20.9. The van der Waals surface area contributed by atoms with Crippen molar-refractivity contribution in [3.05, 3.63) is 88.0 Å². The number of ether oxygens (including phenoxy) is 1. The lowest BCUT2D eigenvalue weighted by Gasteiger charge is -2.30. The lowest BCUT2D eigenvalue weighted by molar-refractivity contribution is 0.0941. The van der Waals surface area contributed by atoms with Crippen molar-refractivity contribution in [2.45, 2.75) is 83.3 Å². The van der Waals surface area contributed by atoms with Gasteiger partial charge in [0.05, 0.1) is 6.04 Å². The third-order valence-corrected chi connectivity index (χ3v) is 8.72. The van der Waals surface area contributed by atoms with E-state index in [-0.39, 0.29) is 6.10 Å². The molecule has 2 fully saturated rings. The fraction of sp³-hybridized carbons (Fsp3) is 0.500.